The van der Waals surface area contributed by atoms with Gasteiger partial charge in [0, 0.05) is 37.4 Å². The van der Waals surface area contributed by atoms with E-state index < -0.39 is 23.2 Å². The Hall–Kier alpha value is -3.83. The van der Waals surface area contributed by atoms with Crippen LogP contribution in [0.15, 0.2) is 29.8 Å². The predicted molar refractivity (Wildman–Crippen MR) is 107 cm³/mol. The van der Waals surface area contributed by atoms with Crippen molar-refractivity contribution in [2.45, 2.75) is 12.8 Å². The van der Waals surface area contributed by atoms with Gasteiger partial charge in [-0.15, -0.1) is 0 Å². The largest absolute Gasteiger partial charge is 0.497 e. The highest BCUT2D eigenvalue weighted by Gasteiger charge is 2.58. The van der Waals surface area contributed by atoms with E-state index in [2.05, 4.69) is 6.07 Å². The fourth-order valence-corrected chi connectivity index (χ4v) is 4.49. The Morgan fingerprint density at radius 1 is 1.23 bits per heavy atom. The quantitative estimate of drug-likeness (QED) is 0.770. The summed E-state index contributed by atoms with van der Waals surface area (Å²) < 4.78 is 10.9. The summed E-state index contributed by atoms with van der Waals surface area (Å²) in [6, 6.07) is 11.2. The lowest BCUT2D eigenvalue weighted by molar-refractivity contribution is -0.129. The number of ether oxygens (including phenoxy) is 2. The Labute approximate surface area is 175 Å². The lowest BCUT2D eigenvalue weighted by Crippen LogP contribution is -2.53. The second kappa shape index (κ2) is 7.89. The number of fused-ring (bicyclic) bond motifs is 1. The third-order valence-corrected chi connectivity index (χ3v) is 6.01. The SMILES string of the molecule is COc1ccc(OC)c([C@H]2[C@H]3CN(C(C)=O)CC=C3C(C#N)C(=N)C2(C#N)C#N)c1. The zero-order chi connectivity index (χ0) is 22.1. The van der Waals surface area contributed by atoms with Crippen molar-refractivity contribution in [2.75, 3.05) is 27.3 Å². The first kappa shape index (κ1) is 20.9. The fraction of sp³-hybridized carbons (Fsp3) is 0.409. The summed E-state index contributed by atoms with van der Waals surface area (Å²) in [6.45, 7) is 2.01. The summed E-state index contributed by atoms with van der Waals surface area (Å²) in [7, 11) is 2.99. The second-order valence-corrected chi connectivity index (χ2v) is 7.33. The van der Waals surface area contributed by atoms with Gasteiger partial charge in [0.1, 0.15) is 17.4 Å². The van der Waals surface area contributed by atoms with Gasteiger partial charge in [0.15, 0.2) is 5.41 Å². The van der Waals surface area contributed by atoms with Crippen LogP contribution in [0.3, 0.4) is 0 Å². The number of methoxy groups -OCH3 is 2. The molecule has 0 aromatic heterocycles. The minimum Gasteiger partial charge on any atom is -0.497 e. The number of rotatable bonds is 3. The molecule has 0 saturated heterocycles. The van der Waals surface area contributed by atoms with Crippen molar-refractivity contribution in [2.24, 2.45) is 17.3 Å². The van der Waals surface area contributed by atoms with E-state index in [0.29, 0.717) is 29.2 Å². The number of carbonyl (C=O) groups excluding carboxylic acids is 1. The first-order valence-electron chi connectivity index (χ1n) is 9.36. The van der Waals surface area contributed by atoms with Crippen LogP contribution in [-0.2, 0) is 4.79 Å². The van der Waals surface area contributed by atoms with Crippen LogP contribution >= 0.6 is 0 Å². The topological polar surface area (TPSA) is 134 Å². The molecular formula is C22H21N5O3. The number of hydrogen-bond acceptors (Lipinski definition) is 7. The van der Waals surface area contributed by atoms with E-state index in [-0.39, 0.29) is 18.2 Å². The lowest BCUT2D eigenvalue weighted by atomic mass is 9.54. The van der Waals surface area contributed by atoms with E-state index in [0.717, 1.165) is 0 Å². The zero-order valence-electron chi connectivity index (χ0n) is 17.0. The highest BCUT2D eigenvalue weighted by atomic mass is 16.5. The van der Waals surface area contributed by atoms with E-state index in [1.165, 1.54) is 21.1 Å². The maximum atomic E-state index is 12.1. The van der Waals surface area contributed by atoms with Gasteiger partial charge in [-0.1, -0.05) is 6.08 Å². The van der Waals surface area contributed by atoms with Gasteiger partial charge in [-0.25, -0.2) is 0 Å². The van der Waals surface area contributed by atoms with Gasteiger partial charge < -0.3 is 19.8 Å². The maximum absolute atomic E-state index is 12.1. The number of carbonyl (C=O) groups is 1. The minimum absolute atomic E-state index is 0.143. The molecule has 1 N–H and O–H groups in total. The first-order chi connectivity index (χ1) is 14.4. The van der Waals surface area contributed by atoms with Gasteiger partial charge in [-0.3, -0.25) is 4.79 Å². The van der Waals surface area contributed by atoms with Crippen molar-refractivity contribution < 1.29 is 14.3 Å². The Kier molecular flexibility index (Phi) is 5.49. The summed E-state index contributed by atoms with van der Waals surface area (Å²) in [4.78, 5) is 13.7. The molecule has 8 heteroatoms. The van der Waals surface area contributed by atoms with Crippen LogP contribution in [0, 0.1) is 56.7 Å². The molecule has 1 aromatic rings. The van der Waals surface area contributed by atoms with E-state index in [4.69, 9.17) is 14.9 Å². The molecule has 1 aromatic carbocycles. The molecule has 0 spiro atoms. The van der Waals surface area contributed by atoms with E-state index in [9.17, 15) is 20.6 Å². The number of nitrogens with one attached hydrogen (secondary N) is 1. The Balaban J connectivity index is 2.33. The van der Waals surface area contributed by atoms with Crippen molar-refractivity contribution in [1.82, 2.24) is 4.90 Å². The molecular weight excluding hydrogens is 382 g/mol. The molecule has 1 fully saturated rings. The number of amides is 1. The second-order valence-electron chi connectivity index (χ2n) is 7.33. The lowest BCUT2D eigenvalue weighted by Gasteiger charge is -2.47. The molecule has 3 rings (SSSR count). The molecule has 1 amide bonds. The molecule has 2 aliphatic rings. The van der Waals surface area contributed by atoms with Crippen LogP contribution in [-0.4, -0.2) is 43.8 Å². The Morgan fingerprint density at radius 3 is 2.47 bits per heavy atom. The molecule has 3 atom stereocenters. The maximum Gasteiger partial charge on any atom is 0.219 e. The summed E-state index contributed by atoms with van der Waals surface area (Å²) in [6.07, 6.45) is 1.77. The monoisotopic (exact) mass is 403 g/mol. The normalized spacial score (nSPS) is 24.4. The average Bonchev–Trinajstić information content (AvgIpc) is 2.77. The van der Waals surface area contributed by atoms with Crippen LogP contribution in [0.1, 0.15) is 18.4 Å². The molecule has 8 nitrogen and oxygen atoms in total. The van der Waals surface area contributed by atoms with Crippen LogP contribution in [0.4, 0.5) is 0 Å². The molecule has 1 heterocycles. The summed E-state index contributed by atoms with van der Waals surface area (Å²) in [5.41, 5.74) is -0.941. The van der Waals surface area contributed by atoms with Crippen molar-refractivity contribution >= 4 is 11.6 Å². The Morgan fingerprint density at radius 2 is 1.93 bits per heavy atom. The van der Waals surface area contributed by atoms with Crippen LogP contribution in [0.5, 0.6) is 11.5 Å². The van der Waals surface area contributed by atoms with Gasteiger partial charge in [-0.05, 0) is 23.8 Å². The van der Waals surface area contributed by atoms with Crippen molar-refractivity contribution in [1.29, 1.82) is 21.2 Å². The van der Waals surface area contributed by atoms with E-state index in [1.54, 1.807) is 29.2 Å². The molecule has 30 heavy (non-hydrogen) atoms. The first-order valence-corrected chi connectivity index (χ1v) is 9.36. The van der Waals surface area contributed by atoms with Gasteiger partial charge in [0.05, 0.1) is 38.1 Å². The standard InChI is InChI=1S/C22H21N5O3/c1-13(28)27-7-6-15-17(9-23)21(26)22(11-24,12-25)20(18(15)10-27)16-8-14(29-2)4-5-19(16)30-3/h4-6,8,17-18,20,26H,7,10H2,1-3H3/t17?,18-,20-/m0/s1. The van der Waals surface area contributed by atoms with Gasteiger partial charge in [-0.2, -0.15) is 15.8 Å². The zero-order valence-corrected chi connectivity index (χ0v) is 17.0. The molecule has 152 valence electrons. The number of nitriles is 3. The molecule has 0 radical (unpaired) electrons. The van der Waals surface area contributed by atoms with Gasteiger partial charge >= 0.3 is 0 Å². The minimum atomic E-state index is -1.89. The van der Waals surface area contributed by atoms with E-state index in [1.807, 2.05) is 12.1 Å². The predicted octanol–water partition coefficient (Wildman–Crippen LogP) is 2.40. The number of benzene rings is 1. The van der Waals surface area contributed by atoms with E-state index >= 15 is 0 Å². The summed E-state index contributed by atoms with van der Waals surface area (Å²) >= 11 is 0. The summed E-state index contributed by atoms with van der Waals surface area (Å²) in [5, 5.41) is 38.7. The molecule has 0 bridgehead atoms. The molecule has 1 aliphatic carbocycles. The van der Waals surface area contributed by atoms with Crippen molar-refractivity contribution in [3.8, 4) is 29.7 Å². The van der Waals surface area contributed by atoms with Gasteiger partial charge in [0.25, 0.3) is 0 Å². The third kappa shape index (κ3) is 2.96. The van der Waals surface area contributed by atoms with Crippen molar-refractivity contribution in [3.05, 3.63) is 35.4 Å². The van der Waals surface area contributed by atoms with Crippen LogP contribution < -0.4 is 9.47 Å². The average molecular weight is 403 g/mol. The number of hydrogen-bond donors (Lipinski definition) is 1. The van der Waals surface area contributed by atoms with Crippen LogP contribution in [0.25, 0.3) is 0 Å². The summed E-state index contributed by atoms with van der Waals surface area (Å²) in [5.74, 6) is -1.50. The van der Waals surface area contributed by atoms with Crippen LogP contribution in [0.2, 0.25) is 0 Å². The number of nitrogens with zero attached hydrogens (tertiary/aromatic N) is 4. The Bertz CT molecular complexity index is 1040. The molecule has 1 unspecified atom stereocenters. The highest BCUT2D eigenvalue weighted by Crippen LogP contribution is 2.55. The van der Waals surface area contributed by atoms with Crippen molar-refractivity contribution in [3.63, 3.8) is 0 Å². The third-order valence-electron chi connectivity index (χ3n) is 6.01. The molecule has 1 saturated carbocycles. The fourth-order valence-electron chi connectivity index (χ4n) is 4.49. The van der Waals surface area contributed by atoms with Gasteiger partial charge in [0.2, 0.25) is 5.91 Å². The highest BCUT2D eigenvalue weighted by molar-refractivity contribution is 6.01. The molecule has 1 aliphatic heterocycles. The smallest absolute Gasteiger partial charge is 0.219 e.